The Morgan fingerprint density at radius 3 is 2.60 bits per heavy atom. The Bertz CT molecular complexity index is 792. The molecule has 0 N–H and O–H groups in total. The first-order valence-electron chi connectivity index (χ1n) is 6.00. The van der Waals surface area contributed by atoms with Gasteiger partial charge < -0.3 is 4.74 Å². The van der Waals surface area contributed by atoms with Crippen molar-refractivity contribution in [1.82, 2.24) is 10.2 Å². The zero-order chi connectivity index (χ0) is 14.1. The number of ether oxygens (including phenoxy) is 1. The molecule has 3 nitrogen and oxygen atoms in total. The molecule has 0 spiro atoms. The van der Waals surface area contributed by atoms with E-state index in [0.717, 1.165) is 5.56 Å². The molecule has 0 aliphatic rings. The van der Waals surface area contributed by atoms with Crippen LogP contribution in [0.15, 0.2) is 42.5 Å². The second kappa shape index (κ2) is 5.06. The van der Waals surface area contributed by atoms with Gasteiger partial charge in [0.15, 0.2) is 16.7 Å². The molecule has 3 rings (SSSR count). The van der Waals surface area contributed by atoms with Gasteiger partial charge in [0.1, 0.15) is 0 Å². The van der Waals surface area contributed by atoms with Gasteiger partial charge in [0.25, 0.3) is 0 Å². The van der Waals surface area contributed by atoms with Gasteiger partial charge in [-0.3, -0.25) is 0 Å². The predicted octanol–water partition coefficient (Wildman–Crippen LogP) is 4.52. The number of benzene rings is 2. The summed E-state index contributed by atoms with van der Waals surface area (Å²) in [6.07, 6.45) is 0. The van der Waals surface area contributed by atoms with Crippen LogP contribution in [0.1, 0.15) is 5.56 Å². The van der Waals surface area contributed by atoms with Crippen molar-refractivity contribution in [2.24, 2.45) is 0 Å². The number of aryl methyl sites for hydroxylation is 1. The van der Waals surface area contributed by atoms with E-state index in [2.05, 4.69) is 10.2 Å². The summed E-state index contributed by atoms with van der Waals surface area (Å²) in [7, 11) is 0. The Hall–Kier alpha value is -2.20. The molecule has 0 bridgehead atoms. The molecule has 1 aromatic heterocycles. The van der Waals surface area contributed by atoms with Crippen LogP contribution in [0.25, 0.3) is 10.8 Å². The highest BCUT2D eigenvalue weighted by atomic mass is 35.5. The maximum atomic E-state index is 13.7. The van der Waals surface area contributed by atoms with E-state index in [9.17, 15) is 4.39 Å². The predicted molar refractivity (Wildman–Crippen MR) is 75.8 cm³/mol. The van der Waals surface area contributed by atoms with Gasteiger partial charge in [-0.15, -0.1) is 10.2 Å². The lowest BCUT2D eigenvalue weighted by Crippen LogP contribution is -1.95. The zero-order valence-electron chi connectivity index (χ0n) is 10.6. The fourth-order valence-corrected chi connectivity index (χ4v) is 2.12. The molecule has 0 saturated carbocycles. The molecule has 0 amide bonds. The normalized spacial score (nSPS) is 10.8. The van der Waals surface area contributed by atoms with E-state index in [4.69, 9.17) is 16.3 Å². The zero-order valence-corrected chi connectivity index (χ0v) is 11.4. The van der Waals surface area contributed by atoms with E-state index >= 15 is 0 Å². The molecule has 0 aliphatic carbocycles. The van der Waals surface area contributed by atoms with Crippen molar-refractivity contribution in [2.45, 2.75) is 6.92 Å². The monoisotopic (exact) mass is 288 g/mol. The lowest BCUT2D eigenvalue weighted by Gasteiger charge is -2.09. The Morgan fingerprint density at radius 1 is 1.05 bits per heavy atom. The van der Waals surface area contributed by atoms with Gasteiger partial charge in [-0.1, -0.05) is 35.9 Å². The van der Waals surface area contributed by atoms with Gasteiger partial charge in [-0.2, -0.15) is 0 Å². The van der Waals surface area contributed by atoms with Crippen LogP contribution in [-0.2, 0) is 0 Å². The van der Waals surface area contributed by atoms with Crippen LogP contribution < -0.4 is 4.74 Å². The molecule has 0 atom stereocenters. The molecule has 100 valence electrons. The van der Waals surface area contributed by atoms with Crippen LogP contribution in [0.3, 0.4) is 0 Å². The van der Waals surface area contributed by atoms with E-state index in [1.54, 1.807) is 18.2 Å². The number of hydrogen-bond acceptors (Lipinski definition) is 3. The summed E-state index contributed by atoms with van der Waals surface area (Å²) in [6, 6.07) is 11.9. The molecule has 0 aliphatic heterocycles. The fourth-order valence-electron chi connectivity index (χ4n) is 1.91. The summed E-state index contributed by atoms with van der Waals surface area (Å²) in [4.78, 5) is 0. The molecule has 5 heteroatoms. The van der Waals surface area contributed by atoms with Gasteiger partial charge in [0.05, 0.1) is 0 Å². The van der Waals surface area contributed by atoms with E-state index in [1.807, 2.05) is 25.1 Å². The number of aromatic nitrogens is 2. The first-order chi connectivity index (χ1) is 9.65. The average molecular weight is 289 g/mol. The summed E-state index contributed by atoms with van der Waals surface area (Å²) >= 11 is 5.99. The third kappa shape index (κ3) is 2.30. The fraction of sp³-hybridized carbons (Fsp3) is 0.0667. The highest BCUT2D eigenvalue weighted by molar-refractivity contribution is 6.34. The molecular formula is C15H10ClFN2O. The second-order valence-electron chi connectivity index (χ2n) is 4.38. The van der Waals surface area contributed by atoms with Crippen molar-refractivity contribution in [3.05, 3.63) is 59.0 Å². The van der Waals surface area contributed by atoms with Crippen molar-refractivity contribution in [2.75, 3.05) is 0 Å². The third-order valence-electron chi connectivity index (χ3n) is 2.90. The Morgan fingerprint density at radius 2 is 1.80 bits per heavy atom. The minimum atomic E-state index is -0.448. The molecule has 0 fully saturated rings. The van der Waals surface area contributed by atoms with Crippen LogP contribution in [0.2, 0.25) is 5.15 Å². The lowest BCUT2D eigenvalue weighted by atomic mass is 10.2. The molecule has 2 aromatic carbocycles. The number of fused-ring (bicyclic) bond motifs is 1. The molecule has 3 aromatic rings. The maximum absolute atomic E-state index is 13.7. The summed E-state index contributed by atoms with van der Waals surface area (Å²) in [5, 5.41) is 9.42. The largest absolute Gasteiger partial charge is 0.434 e. The van der Waals surface area contributed by atoms with Gasteiger partial charge in [0.2, 0.25) is 5.88 Å². The van der Waals surface area contributed by atoms with Gasteiger partial charge in [-0.25, -0.2) is 4.39 Å². The number of rotatable bonds is 2. The van der Waals surface area contributed by atoms with Gasteiger partial charge >= 0.3 is 0 Å². The van der Waals surface area contributed by atoms with Crippen LogP contribution in [0.4, 0.5) is 4.39 Å². The highest BCUT2D eigenvalue weighted by Crippen LogP contribution is 2.31. The maximum Gasteiger partial charge on any atom is 0.247 e. The molecular weight excluding hydrogens is 279 g/mol. The molecule has 0 radical (unpaired) electrons. The summed E-state index contributed by atoms with van der Waals surface area (Å²) in [5.74, 6) is -0.0993. The van der Waals surface area contributed by atoms with Crippen LogP contribution in [-0.4, -0.2) is 10.2 Å². The topological polar surface area (TPSA) is 35.0 Å². The Kier molecular flexibility index (Phi) is 3.24. The van der Waals surface area contributed by atoms with E-state index in [-0.39, 0.29) is 16.8 Å². The van der Waals surface area contributed by atoms with Crippen molar-refractivity contribution >= 4 is 22.4 Å². The van der Waals surface area contributed by atoms with E-state index in [1.165, 1.54) is 6.07 Å². The second-order valence-corrected chi connectivity index (χ2v) is 4.74. The number of hydrogen-bond donors (Lipinski definition) is 0. The van der Waals surface area contributed by atoms with E-state index < -0.39 is 5.82 Å². The van der Waals surface area contributed by atoms with Crippen LogP contribution >= 0.6 is 11.6 Å². The smallest absolute Gasteiger partial charge is 0.247 e. The number of halogens is 2. The van der Waals surface area contributed by atoms with Crippen molar-refractivity contribution in [3.63, 3.8) is 0 Å². The summed E-state index contributed by atoms with van der Waals surface area (Å²) < 4.78 is 19.3. The van der Waals surface area contributed by atoms with Crippen molar-refractivity contribution in [1.29, 1.82) is 0 Å². The molecule has 0 saturated heterocycles. The lowest BCUT2D eigenvalue weighted by molar-refractivity contribution is 0.427. The first-order valence-corrected chi connectivity index (χ1v) is 6.38. The minimum Gasteiger partial charge on any atom is -0.434 e. The average Bonchev–Trinajstić information content (AvgIpc) is 2.46. The standard InChI is InChI=1S/C15H10ClFN2O/c1-9-6-7-12(17)13(8-9)20-15-11-5-3-2-4-10(11)14(16)18-19-15/h2-8H,1H3. The first kappa shape index (κ1) is 12.8. The van der Waals surface area contributed by atoms with Crippen molar-refractivity contribution < 1.29 is 9.13 Å². The van der Waals surface area contributed by atoms with E-state index in [0.29, 0.717) is 10.8 Å². The molecule has 1 heterocycles. The quantitative estimate of drug-likeness (QED) is 0.695. The third-order valence-corrected chi connectivity index (χ3v) is 3.18. The van der Waals surface area contributed by atoms with Crippen molar-refractivity contribution in [3.8, 4) is 11.6 Å². The van der Waals surface area contributed by atoms with Crippen LogP contribution in [0.5, 0.6) is 11.6 Å². The Labute approximate surface area is 120 Å². The molecule has 0 unspecified atom stereocenters. The molecule has 20 heavy (non-hydrogen) atoms. The van der Waals surface area contributed by atoms with Crippen LogP contribution in [0, 0.1) is 12.7 Å². The van der Waals surface area contributed by atoms with Gasteiger partial charge in [0, 0.05) is 10.8 Å². The minimum absolute atomic E-state index is 0.117. The SMILES string of the molecule is Cc1ccc(F)c(Oc2nnc(Cl)c3ccccc23)c1. The summed E-state index contributed by atoms with van der Waals surface area (Å²) in [6.45, 7) is 1.86. The summed E-state index contributed by atoms with van der Waals surface area (Å²) in [5.41, 5.74) is 0.896. The number of nitrogens with zero attached hydrogens (tertiary/aromatic N) is 2. The van der Waals surface area contributed by atoms with Gasteiger partial charge in [-0.05, 0) is 30.7 Å². The highest BCUT2D eigenvalue weighted by Gasteiger charge is 2.11. The Balaban J connectivity index is 2.11.